The summed E-state index contributed by atoms with van der Waals surface area (Å²) in [4.78, 5) is 22.9. The van der Waals surface area contributed by atoms with Crippen LogP contribution in [-0.2, 0) is 21.4 Å². The number of aromatic nitrogens is 1. The maximum Gasteiger partial charge on any atom is 0.208 e. The van der Waals surface area contributed by atoms with Crippen molar-refractivity contribution in [2.24, 2.45) is 34.5 Å². The molecule has 3 saturated carbocycles. The number of fused-ring (bicyclic) bond motifs is 3. The molecule has 1 aromatic rings. The molecule has 3 saturated heterocycles. The summed E-state index contributed by atoms with van der Waals surface area (Å²) < 4.78 is 6.22. The van der Waals surface area contributed by atoms with Gasteiger partial charge in [-0.2, -0.15) is 0 Å². The zero-order valence-electron chi connectivity index (χ0n) is 21.0. The lowest BCUT2D eigenvalue weighted by Gasteiger charge is -2.73. The number of carbonyl (C=O) groups is 1. The minimum atomic E-state index is -2.07. The van der Waals surface area contributed by atoms with Crippen molar-refractivity contribution in [2.45, 2.75) is 89.1 Å². The predicted octanol–water partition coefficient (Wildman–Crippen LogP) is 2.65. The smallest absolute Gasteiger partial charge is 0.208 e. The van der Waals surface area contributed by atoms with Crippen LogP contribution in [0.1, 0.15) is 69.9 Å². The third-order valence-corrected chi connectivity index (χ3v) is 12.3. The average molecular weight is 503 g/mol. The van der Waals surface area contributed by atoms with Gasteiger partial charge in [0.05, 0.1) is 18.4 Å². The van der Waals surface area contributed by atoms with Crippen molar-refractivity contribution in [1.29, 1.82) is 0 Å². The molecule has 3 N–H and O–H groups in total. The van der Waals surface area contributed by atoms with Gasteiger partial charge in [-0.1, -0.05) is 33.6 Å². The number of hydrogen-bond acceptors (Lipinski definition) is 8. The van der Waals surface area contributed by atoms with Crippen molar-refractivity contribution in [1.82, 2.24) is 4.98 Å². The van der Waals surface area contributed by atoms with Gasteiger partial charge in [-0.3, -0.25) is 4.79 Å². The van der Waals surface area contributed by atoms with Gasteiger partial charge in [0.15, 0.2) is 10.9 Å². The molecular formula is C27H38N2O5S. The fourth-order valence-corrected chi connectivity index (χ4v) is 11.3. The normalized spacial score (nSPS) is 49.9. The number of rotatable bonds is 1. The Morgan fingerprint density at radius 1 is 1.09 bits per heavy atom. The Morgan fingerprint density at radius 2 is 1.80 bits per heavy atom. The zero-order chi connectivity index (χ0) is 24.5. The van der Waals surface area contributed by atoms with Crippen LogP contribution in [0.2, 0.25) is 0 Å². The van der Waals surface area contributed by atoms with E-state index in [2.05, 4.69) is 18.7 Å². The maximum absolute atomic E-state index is 14.0. The molecule has 2 spiro atoms. The quantitative estimate of drug-likeness (QED) is 0.543. The number of thiazole rings is 1. The summed E-state index contributed by atoms with van der Waals surface area (Å²) in [5.41, 5.74) is -1.55. The van der Waals surface area contributed by atoms with Crippen molar-refractivity contribution in [3.63, 3.8) is 0 Å². The fourth-order valence-electron chi connectivity index (χ4n) is 9.85. The van der Waals surface area contributed by atoms with E-state index in [9.17, 15) is 20.1 Å². The first-order chi connectivity index (χ1) is 16.6. The molecule has 3 aliphatic heterocycles. The van der Waals surface area contributed by atoms with Crippen LogP contribution in [0, 0.1) is 34.5 Å². The summed E-state index contributed by atoms with van der Waals surface area (Å²) in [7, 11) is 0. The van der Waals surface area contributed by atoms with E-state index in [-0.39, 0.29) is 41.5 Å². The summed E-state index contributed by atoms with van der Waals surface area (Å²) in [6.07, 6.45) is 4.84. The third kappa shape index (κ3) is 2.43. The Hall–Kier alpha value is -1.06. The second-order valence-electron chi connectivity index (χ2n) is 13.0. The van der Waals surface area contributed by atoms with Crippen LogP contribution in [-0.4, -0.2) is 63.8 Å². The minimum Gasteiger partial charge on any atom is -0.392 e. The maximum atomic E-state index is 14.0. The molecule has 1 aromatic heterocycles. The second kappa shape index (κ2) is 7.07. The molecule has 0 aromatic carbocycles. The first kappa shape index (κ1) is 23.1. The van der Waals surface area contributed by atoms with Gasteiger partial charge >= 0.3 is 0 Å². The Bertz CT molecular complexity index is 1080. The summed E-state index contributed by atoms with van der Waals surface area (Å²) >= 11 is 1.77. The molecule has 3 unspecified atom stereocenters. The van der Waals surface area contributed by atoms with Crippen molar-refractivity contribution < 1.29 is 24.9 Å². The Kier molecular flexibility index (Phi) is 4.66. The zero-order valence-corrected chi connectivity index (χ0v) is 21.8. The summed E-state index contributed by atoms with van der Waals surface area (Å²) in [6.45, 7) is 8.47. The number of nitrogens with zero attached hydrogens (tertiary/aromatic N) is 2. The number of Topliss-reactive ketones (excluding diaryl/α,β-unsaturated/α-hetero) is 1. The number of aliphatic hydroxyl groups excluding tert-OH is 2. The van der Waals surface area contributed by atoms with E-state index in [0.29, 0.717) is 0 Å². The molecule has 0 radical (unpaired) electrons. The number of anilines is 1. The summed E-state index contributed by atoms with van der Waals surface area (Å²) in [6, 6.07) is 0. The number of ether oxygens (including phenoxy) is 1. The van der Waals surface area contributed by atoms with Crippen LogP contribution in [0.3, 0.4) is 0 Å². The molecule has 4 bridgehead atoms. The van der Waals surface area contributed by atoms with Gasteiger partial charge in [-0.15, -0.1) is 11.3 Å². The van der Waals surface area contributed by atoms with Gasteiger partial charge in [-0.25, -0.2) is 4.98 Å². The van der Waals surface area contributed by atoms with Crippen molar-refractivity contribution >= 4 is 22.3 Å². The molecule has 4 heterocycles. The van der Waals surface area contributed by atoms with Gasteiger partial charge in [-0.05, 0) is 49.4 Å². The van der Waals surface area contributed by atoms with Crippen LogP contribution in [0.15, 0.2) is 0 Å². The number of carbonyl (C=O) groups excluding carboxylic acids is 1. The monoisotopic (exact) mass is 502 g/mol. The lowest BCUT2D eigenvalue weighted by atomic mass is 9.36. The van der Waals surface area contributed by atoms with Crippen LogP contribution >= 0.6 is 11.3 Å². The number of ketones is 1. The predicted molar refractivity (Wildman–Crippen MR) is 131 cm³/mol. The molecule has 9 atom stereocenters. The highest BCUT2D eigenvalue weighted by atomic mass is 32.1. The van der Waals surface area contributed by atoms with Crippen molar-refractivity contribution in [3.05, 3.63) is 10.6 Å². The molecular weight excluding hydrogens is 464 g/mol. The lowest BCUT2D eigenvalue weighted by molar-refractivity contribution is -0.429. The number of hydrogen-bond donors (Lipinski definition) is 3. The summed E-state index contributed by atoms with van der Waals surface area (Å²) in [5, 5.41) is 36.7. The molecule has 7 nitrogen and oxygen atoms in total. The highest BCUT2D eigenvalue weighted by Crippen LogP contribution is 2.76. The largest absolute Gasteiger partial charge is 0.392 e. The van der Waals surface area contributed by atoms with E-state index in [4.69, 9.17) is 9.72 Å². The molecule has 7 aliphatic rings. The Labute approximate surface area is 210 Å². The van der Waals surface area contributed by atoms with Gasteiger partial charge in [0.1, 0.15) is 11.5 Å². The molecule has 8 heteroatoms. The molecule has 0 amide bonds. The van der Waals surface area contributed by atoms with Gasteiger partial charge in [0.2, 0.25) is 5.79 Å². The standard InChI is InChI=1S/C27H38N2O5S/c1-14-15-8-9-17-25-13-34-27(33,26(17,20(14)30)21(15)31)22(32)18(25)24(2,3)12-16-19(25)28-23(35-16)29-10-6-4-5-7-11-29/h14-15,17-18,21-22,31-33H,4-13H2,1-3H3/t14-,15?,17?,18?,21-,22+,25+,26+,27-/m1/s1. The lowest BCUT2D eigenvalue weighted by Crippen LogP contribution is -2.85. The third-order valence-electron chi connectivity index (χ3n) is 11.2. The molecule has 6 fully saturated rings. The van der Waals surface area contributed by atoms with Crippen molar-refractivity contribution in [3.8, 4) is 0 Å². The highest BCUT2D eigenvalue weighted by Gasteiger charge is 2.87. The molecule has 4 aliphatic carbocycles. The van der Waals surface area contributed by atoms with E-state index in [1.54, 1.807) is 11.3 Å². The highest BCUT2D eigenvalue weighted by molar-refractivity contribution is 7.15. The van der Waals surface area contributed by atoms with Crippen LogP contribution < -0.4 is 4.90 Å². The van der Waals surface area contributed by atoms with E-state index in [1.807, 2.05) is 6.92 Å². The van der Waals surface area contributed by atoms with Crippen LogP contribution in [0.4, 0.5) is 5.13 Å². The van der Waals surface area contributed by atoms with Crippen molar-refractivity contribution in [2.75, 3.05) is 24.6 Å². The van der Waals surface area contributed by atoms with Gasteiger partial charge in [0.25, 0.3) is 0 Å². The SMILES string of the molecule is C[C@H]1C(=O)[C@@]23C(CCC1[C@H]2O)[C@@]12CO[C@]3(O)[C@@H](O)C1C(C)(C)Cc1sc(N3CCCCCC3)nc12. The summed E-state index contributed by atoms with van der Waals surface area (Å²) in [5.74, 6) is -3.37. The fraction of sp³-hybridized carbons (Fsp3) is 0.852. The van der Waals surface area contributed by atoms with Gasteiger partial charge in [0, 0.05) is 35.2 Å². The van der Waals surface area contributed by atoms with E-state index in [0.717, 1.165) is 43.2 Å². The first-order valence-corrected chi connectivity index (χ1v) is 14.4. The van der Waals surface area contributed by atoms with Crippen LogP contribution in [0.5, 0.6) is 0 Å². The molecule has 35 heavy (non-hydrogen) atoms. The minimum absolute atomic E-state index is 0.135. The van der Waals surface area contributed by atoms with E-state index >= 15 is 0 Å². The van der Waals surface area contributed by atoms with Crippen LogP contribution in [0.25, 0.3) is 0 Å². The Balaban J connectivity index is 1.46. The first-order valence-electron chi connectivity index (χ1n) is 13.6. The Morgan fingerprint density at radius 3 is 2.51 bits per heavy atom. The average Bonchev–Trinajstić information content (AvgIpc) is 3.09. The van der Waals surface area contributed by atoms with E-state index in [1.165, 1.54) is 30.6 Å². The van der Waals surface area contributed by atoms with E-state index < -0.39 is 28.8 Å². The number of aliphatic hydroxyl groups is 3. The topological polar surface area (TPSA) is 103 Å². The molecule has 192 valence electrons. The second-order valence-corrected chi connectivity index (χ2v) is 14.1. The molecule has 8 rings (SSSR count). The van der Waals surface area contributed by atoms with Gasteiger partial charge < -0.3 is 25.0 Å².